The minimum Gasteiger partial charge on any atom is -0.348 e. The Kier molecular flexibility index (Phi) is 3.98. The Bertz CT molecular complexity index is 456. The highest BCUT2D eigenvalue weighted by Gasteiger charge is 2.01. The van der Waals surface area contributed by atoms with Crippen LogP contribution in [0.2, 0.25) is 5.02 Å². The van der Waals surface area contributed by atoms with Crippen LogP contribution in [-0.2, 0) is 13.1 Å². The highest BCUT2D eigenvalue weighted by molar-refractivity contribution is 9.10. The summed E-state index contributed by atoms with van der Waals surface area (Å²) in [6.45, 7) is 1.44. The number of hydrogen-bond acceptors (Lipinski definition) is 2. The number of nitrogens with one attached hydrogen (secondary N) is 2. The third-order valence-corrected chi connectivity index (χ3v) is 3.02. The molecule has 2 aromatic rings. The zero-order valence-electron chi connectivity index (χ0n) is 8.50. The molecule has 0 spiro atoms. The predicted octanol–water partition coefficient (Wildman–Crippen LogP) is 3.12. The summed E-state index contributed by atoms with van der Waals surface area (Å²) in [7, 11) is 0. The van der Waals surface area contributed by atoms with Crippen molar-refractivity contribution in [3.05, 3.63) is 51.5 Å². The molecule has 0 aliphatic rings. The molecule has 5 heteroatoms. The Morgan fingerprint density at radius 1 is 1.38 bits per heavy atom. The molecular weight excluding hydrogens is 289 g/mol. The Labute approximate surface area is 107 Å². The summed E-state index contributed by atoms with van der Waals surface area (Å²) < 4.78 is 0.993. The van der Waals surface area contributed by atoms with E-state index in [9.17, 15) is 0 Å². The van der Waals surface area contributed by atoms with E-state index in [4.69, 9.17) is 11.6 Å². The summed E-state index contributed by atoms with van der Waals surface area (Å²) in [5.74, 6) is 0.924. The van der Waals surface area contributed by atoms with Gasteiger partial charge in [0.2, 0.25) is 0 Å². The summed E-state index contributed by atoms with van der Waals surface area (Å²) in [4.78, 5) is 7.16. The van der Waals surface area contributed by atoms with Gasteiger partial charge in [0.05, 0.1) is 6.54 Å². The van der Waals surface area contributed by atoms with Crippen molar-refractivity contribution in [2.75, 3.05) is 0 Å². The largest absolute Gasteiger partial charge is 0.348 e. The number of aromatic amines is 1. The van der Waals surface area contributed by atoms with Gasteiger partial charge in [0.1, 0.15) is 5.82 Å². The Hall–Kier alpha value is -0.840. The van der Waals surface area contributed by atoms with Crippen LogP contribution < -0.4 is 5.32 Å². The Morgan fingerprint density at radius 3 is 2.94 bits per heavy atom. The molecule has 0 saturated heterocycles. The molecule has 1 aromatic heterocycles. The summed E-state index contributed by atoms with van der Waals surface area (Å²) >= 11 is 9.47. The molecule has 1 aromatic carbocycles. The number of H-pyrrole nitrogens is 1. The number of rotatable bonds is 4. The van der Waals surface area contributed by atoms with Crippen LogP contribution in [0.3, 0.4) is 0 Å². The molecular formula is C11H11BrClN3. The van der Waals surface area contributed by atoms with Crippen molar-refractivity contribution in [3.63, 3.8) is 0 Å². The number of imidazole rings is 1. The van der Waals surface area contributed by atoms with Gasteiger partial charge in [0.15, 0.2) is 0 Å². The van der Waals surface area contributed by atoms with E-state index in [-0.39, 0.29) is 0 Å². The van der Waals surface area contributed by atoms with E-state index in [1.807, 2.05) is 24.4 Å². The molecule has 3 nitrogen and oxygen atoms in total. The maximum Gasteiger partial charge on any atom is 0.120 e. The monoisotopic (exact) mass is 299 g/mol. The van der Waals surface area contributed by atoms with Gasteiger partial charge < -0.3 is 10.3 Å². The average Bonchev–Trinajstić information content (AvgIpc) is 2.74. The van der Waals surface area contributed by atoms with Crippen molar-refractivity contribution in [2.45, 2.75) is 13.1 Å². The van der Waals surface area contributed by atoms with Crippen molar-refractivity contribution in [2.24, 2.45) is 0 Å². The number of benzene rings is 1. The van der Waals surface area contributed by atoms with E-state index < -0.39 is 0 Å². The molecule has 0 aliphatic carbocycles. The van der Waals surface area contributed by atoms with Gasteiger partial charge in [-0.15, -0.1) is 0 Å². The molecule has 16 heavy (non-hydrogen) atoms. The first-order chi connectivity index (χ1) is 7.75. The van der Waals surface area contributed by atoms with Gasteiger partial charge >= 0.3 is 0 Å². The van der Waals surface area contributed by atoms with E-state index in [1.54, 1.807) is 6.20 Å². The lowest BCUT2D eigenvalue weighted by Gasteiger charge is -2.05. The number of halogens is 2. The third kappa shape index (κ3) is 3.07. The zero-order chi connectivity index (χ0) is 11.4. The molecule has 1 heterocycles. The van der Waals surface area contributed by atoms with Crippen LogP contribution in [0, 0.1) is 0 Å². The van der Waals surface area contributed by atoms with Crippen molar-refractivity contribution >= 4 is 27.5 Å². The van der Waals surface area contributed by atoms with Crippen LogP contribution in [0.15, 0.2) is 35.1 Å². The quantitative estimate of drug-likeness (QED) is 0.911. The molecule has 0 unspecified atom stereocenters. The molecule has 0 bridgehead atoms. The highest BCUT2D eigenvalue weighted by atomic mass is 79.9. The van der Waals surface area contributed by atoms with Crippen LogP contribution >= 0.6 is 27.5 Å². The van der Waals surface area contributed by atoms with Crippen molar-refractivity contribution in [3.8, 4) is 0 Å². The Balaban J connectivity index is 1.90. The first kappa shape index (κ1) is 11.6. The summed E-state index contributed by atoms with van der Waals surface area (Å²) in [5, 5.41) is 4.04. The highest BCUT2D eigenvalue weighted by Crippen LogP contribution is 2.21. The maximum atomic E-state index is 6.10. The third-order valence-electron chi connectivity index (χ3n) is 2.18. The molecule has 0 amide bonds. The molecule has 0 fully saturated rings. The van der Waals surface area contributed by atoms with Crippen LogP contribution in [0.25, 0.3) is 0 Å². The molecule has 0 aliphatic heterocycles. The van der Waals surface area contributed by atoms with Crippen LogP contribution in [0.1, 0.15) is 11.4 Å². The van der Waals surface area contributed by atoms with E-state index in [2.05, 4.69) is 31.2 Å². The normalized spacial score (nSPS) is 10.6. The van der Waals surface area contributed by atoms with Crippen molar-refractivity contribution in [1.82, 2.24) is 15.3 Å². The van der Waals surface area contributed by atoms with Crippen molar-refractivity contribution < 1.29 is 0 Å². The fourth-order valence-electron chi connectivity index (χ4n) is 1.38. The van der Waals surface area contributed by atoms with Crippen LogP contribution in [-0.4, -0.2) is 9.97 Å². The second kappa shape index (κ2) is 5.48. The molecule has 0 atom stereocenters. The predicted molar refractivity (Wildman–Crippen MR) is 68.3 cm³/mol. The summed E-state index contributed by atoms with van der Waals surface area (Å²) in [5.41, 5.74) is 1.08. The lowest BCUT2D eigenvalue weighted by molar-refractivity contribution is 0.669. The Morgan fingerprint density at radius 2 is 2.25 bits per heavy atom. The first-order valence-corrected chi connectivity index (χ1v) is 6.05. The fraction of sp³-hybridized carbons (Fsp3) is 0.182. The topological polar surface area (TPSA) is 40.7 Å². The molecule has 84 valence electrons. The van der Waals surface area contributed by atoms with E-state index in [1.165, 1.54) is 0 Å². The average molecular weight is 301 g/mol. The van der Waals surface area contributed by atoms with Gasteiger partial charge in [-0.25, -0.2) is 4.98 Å². The van der Waals surface area contributed by atoms with Gasteiger partial charge in [-0.1, -0.05) is 33.6 Å². The fourth-order valence-corrected chi connectivity index (χ4v) is 2.12. The zero-order valence-corrected chi connectivity index (χ0v) is 10.8. The second-order valence-electron chi connectivity index (χ2n) is 3.38. The summed E-state index contributed by atoms with van der Waals surface area (Å²) in [6, 6.07) is 5.88. The van der Waals surface area contributed by atoms with Gasteiger partial charge in [-0.05, 0) is 17.7 Å². The number of hydrogen-bond donors (Lipinski definition) is 2. The standard InChI is InChI=1S/C11H11BrClN3/c12-9-2-1-8(10(13)5-9)6-14-7-11-15-3-4-16-11/h1-5,14H,6-7H2,(H,15,16). The maximum absolute atomic E-state index is 6.10. The van der Waals surface area contributed by atoms with E-state index >= 15 is 0 Å². The van der Waals surface area contributed by atoms with Gasteiger partial charge in [-0.2, -0.15) is 0 Å². The van der Waals surface area contributed by atoms with Crippen LogP contribution in [0.5, 0.6) is 0 Å². The van der Waals surface area contributed by atoms with Gasteiger partial charge in [0.25, 0.3) is 0 Å². The van der Waals surface area contributed by atoms with E-state index in [0.717, 1.165) is 27.4 Å². The van der Waals surface area contributed by atoms with Crippen molar-refractivity contribution in [1.29, 1.82) is 0 Å². The van der Waals surface area contributed by atoms with Gasteiger partial charge in [0, 0.05) is 28.4 Å². The van der Waals surface area contributed by atoms with Crippen LogP contribution in [0.4, 0.5) is 0 Å². The number of aromatic nitrogens is 2. The number of nitrogens with zero attached hydrogens (tertiary/aromatic N) is 1. The molecule has 2 rings (SSSR count). The first-order valence-electron chi connectivity index (χ1n) is 4.88. The minimum atomic E-state index is 0.708. The van der Waals surface area contributed by atoms with Gasteiger partial charge in [-0.3, -0.25) is 0 Å². The lowest BCUT2D eigenvalue weighted by atomic mass is 10.2. The molecule has 0 radical (unpaired) electrons. The second-order valence-corrected chi connectivity index (χ2v) is 4.70. The molecule has 2 N–H and O–H groups in total. The smallest absolute Gasteiger partial charge is 0.120 e. The SMILES string of the molecule is Clc1cc(Br)ccc1CNCc1ncc[nH]1. The van der Waals surface area contributed by atoms with E-state index in [0.29, 0.717) is 6.54 Å². The lowest BCUT2D eigenvalue weighted by Crippen LogP contribution is -2.13. The molecule has 0 saturated carbocycles. The summed E-state index contributed by atoms with van der Waals surface area (Å²) in [6.07, 6.45) is 3.55. The minimum absolute atomic E-state index is 0.708.